The van der Waals surface area contributed by atoms with Crippen LogP contribution in [0.5, 0.6) is 17.2 Å². The van der Waals surface area contributed by atoms with E-state index in [1.165, 1.54) is 0 Å². The quantitative estimate of drug-likeness (QED) is 0.556. The highest BCUT2D eigenvalue weighted by atomic mass is 16.5. The Morgan fingerprint density at radius 1 is 0.667 bits per heavy atom. The SMILES string of the molecule is COc1c2ccccc2c(OC)c2c1c1cccc(OC)c1n2C. The molecule has 0 N–H and O–H groups in total. The molecule has 0 amide bonds. The molecule has 0 aliphatic heterocycles. The number of rotatable bonds is 3. The minimum atomic E-state index is 0.833. The highest BCUT2D eigenvalue weighted by Crippen LogP contribution is 2.47. The molecular weight excluding hydrogens is 302 g/mol. The second-order valence-electron chi connectivity index (χ2n) is 5.75. The molecule has 0 saturated carbocycles. The molecule has 4 nitrogen and oxygen atoms in total. The fourth-order valence-electron chi connectivity index (χ4n) is 3.70. The standard InChI is InChI=1S/C20H19NO3/c1-21-17-14(10-7-11-15(17)22-2)16-18(21)20(24-4)13-9-6-5-8-12(13)19(16)23-3/h5-11H,1-4H3. The Labute approximate surface area is 140 Å². The maximum Gasteiger partial charge on any atom is 0.151 e. The molecule has 0 aliphatic rings. The second kappa shape index (κ2) is 5.34. The first-order valence-electron chi connectivity index (χ1n) is 7.80. The van der Waals surface area contributed by atoms with Crippen molar-refractivity contribution in [2.45, 2.75) is 0 Å². The van der Waals surface area contributed by atoms with Gasteiger partial charge in [-0.25, -0.2) is 0 Å². The molecule has 1 aromatic heterocycles. The number of aryl methyl sites for hydroxylation is 1. The Bertz CT molecular complexity index is 1080. The van der Waals surface area contributed by atoms with E-state index in [2.05, 4.69) is 22.8 Å². The third-order valence-electron chi connectivity index (χ3n) is 4.66. The first-order chi connectivity index (χ1) is 11.7. The van der Waals surface area contributed by atoms with Crippen LogP contribution in [0.3, 0.4) is 0 Å². The molecule has 4 rings (SSSR count). The first-order valence-corrected chi connectivity index (χ1v) is 7.80. The third kappa shape index (κ3) is 1.74. The van der Waals surface area contributed by atoms with E-state index < -0.39 is 0 Å². The van der Waals surface area contributed by atoms with Crippen molar-refractivity contribution in [2.75, 3.05) is 21.3 Å². The van der Waals surface area contributed by atoms with Crippen molar-refractivity contribution in [2.24, 2.45) is 7.05 Å². The van der Waals surface area contributed by atoms with E-state index in [0.717, 1.165) is 49.8 Å². The number of benzene rings is 3. The molecule has 0 aliphatic carbocycles. The number of para-hydroxylation sites is 1. The number of methoxy groups -OCH3 is 3. The molecule has 0 fully saturated rings. The fourth-order valence-corrected chi connectivity index (χ4v) is 3.70. The van der Waals surface area contributed by atoms with Gasteiger partial charge in [0.05, 0.1) is 37.7 Å². The maximum atomic E-state index is 5.83. The summed E-state index contributed by atoms with van der Waals surface area (Å²) in [6.45, 7) is 0. The van der Waals surface area contributed by atoms with Gasteiger partial charge in [-0.05, 0) is 6.07 Å². The monoisotopic (exact) mass is 321 g/mol. The Morgan fingerprint density at radius 2 is 1.29 bits per heavy atom. The molecule has 3 aromatic carbocycles. The van der Waals surface area contributed by atoms with Gasteiger partial charge in [-0.15, -0.1) is 0 Å². The summed E-state index contributed by atoms with van der Waals surface area (Å²) in [5.74, 6) is 2.54. The van der Waals surface area contributed by atoms with E-state index >= 15 is 0 Å². The molecule has 0 spiro atoms. The van der Waals surface area contributed by atoms with E-state index in [1.54, 1.807) is 21.3 Å². The molecular formula is C20H19NO3. The van der Waals surface area contributed by atoms with Crippen LogP contribution in [0.1, 0.15) is 0 Å². The van der Waals surface area contributed by atoms with E-state index in [-0.39, 0.29) is 0 Å². The third-order valence-corrected chi connectivity index (χ3v) is 4.66. The summed E-state index contributed by atoms with van der Waals surface area (Å²) in [6.07, 6.45) is 0. The smallest absolute Gasteiger partial charge is 0.151 e. The zero-order chi connectivity index (χ0) is 16.8. The average Bonchev–Trinajstić information content (AvgIpc) is 2.93. The predicted octanol–water partition coefficient (Wildman–Crippen LogP) is 4.51. The second-order valence-corrected chi connectivity index (χ2v) is 5.75. The van der Waals surface area contributed by atoms with E-state index in [1.807, 2.05) is 31.3 Å². The van der Waals surface area contributed by atoms with E-state index in [9.17, 15) is 0 Å². The number of aromatic nitrogens is 1. The summed E-state index contributed by atoms with van der Waals surface area (Å²) in [5.41, 5.74) is 2.04. The molecule has 1 heterocycles. The van der Waals surface area contributed by atoms with E-state index in [0.29, 0.717) is 0 Å². The van der Waals surface area contributed by atoms with Crippen LogP contribution in [0.15, 0.2) is 42.5 Å². The predicted molar refractivity (Wildman–Crippen MR) is 97.6 cm³/mol. The van der Waals surface area contributed by atoms with Crippen molar-refractivity contribution in [3.8, 4) is 17.2 Å². The van der Waals surface area contributed by atoms with Crippen molar-refractivity contribution in [3.63, 3.8) is 0 Å². The number of hydrogen-bond acceptors (Lipinski definition) is 3. The molecule has 0 bridgehead atoms. The normalized spacial score (nSPS) is 11.3. The van der Waals surface area contributed by atoms with Gasteiger partial charge in [0, 0.05) is 23.2 Å². The van der Waals surface area contributed by atoms with Gasteiger partial charge >= 0.3 is 0 Å². The minimum absolute atomic E-state index is 0.833. The maximum absolute atomic E-state index is 5.83. The molecule has 122 valence electrons. The molecule has 0 atom stereocenters. The van der Waals surface area contributed by atoms with Gasteiger partial charge < -0.3 is 18.8 Å². The topological polar surface area (TPSA) is 32.6 Å². The lowest BCUT2D eigenvalue weighted by Gasteiger charge is -2.13. The van der Waals surface area contributed by atoms with Crippen molar-refractivity contribution in [1.29, 1.82) is 0 Å². The summed E-state index contributed by atoms with van der Waals surface area (Å²) in [7, 11) is 7.15. The van der Waals surface area contributed by atoms with Crippen LogP contribution in [-0.2, 0) is 7.05 Å². The summed E-state index contributed by atoms with van der Waals surface area (Å²) in [5, 5.41) is 4.21. The van der Waals surface area contributed by atoms with Crippen molar-refractivity contribution in [3.05, 3.63) is 42.5 Å². The fraction of sp³-hybridized carbons (Fsp3) is 0.200. The Morgan fingerprint density at radius 3 is 1.92 bits per heavy atom. The highest BCUT2D eigenvalue weighted by Gasteiger charge is 2.22. The highest BCUT2D eigenvalue weighted by molar-refractivity contribution is 6.21. The lowest BCUT2D eigenvalue weighted by atomic mass is 10.0. The largest absolute Gasteiger partial charge is 0.495 e. The van der Waals surface area contributed by atoms with Crippen LogP contribution in [0.4, 0.5) is 0 Å². The molecule has 0 radical (unpaired) electrons. The number of ether oxygens (including phenoxy) is 3. The number of fused-ring (bicyclic) bond motifs is 4. The van der Waals surface area contributed by atoms with Gasteiger partial charge in [-0.3, -0.25) is 0 Å². The summed E-state index contributed by atoms with van der Waals surface area (Å²) in [4.78, 5) is 0. The van der Waals surface area contributed by atoms with E-state index in [4.69, 9.17) is 14.2 Å². The van der Waals surface area contributed by atoms with Gasteiger partial charge in [-0.1, -0.05) is 36.4 Å². The zero-order valence-electron chi connectivity index (χ0n) is 14.2. The number of hydrogen-bond donors (Lipinski definition) is 0. The molecule has 0 saturated heterocycles. The molecule has 4 aromatic rings. The summed E-state index contributed by atoms with van der Waals surface area (Å²) >= 11 is 0. The molecule has 0 unspecified atom stereocenters. The molecule has 24 heavy (non-hydrogen) atoms. The van der Waals surface area contributed by atoms with Crippen LogP contribution < -0.4 is 14.2 Å². The summed E-state index contributed by atoms with van der Waals surface area (Å²) < 4.78 is 19.3. The first kappa shape index (κ1) is 14.7. The Hall–Kier alpha value is -2.88. The van der Waals surface area contributed by atoms with Crippen molar-refractivity contribution < 1.29 is 14.2 Å². The van der Waals surface area contributed by atoms with Crippen LogP contribution in [0.2, 0.25) is 0 Å². The lowest BCUT2D eigenvalue weighted by Crippen LogP contribution is -1.96. The van der Waals surface area contributed by atoms with Crippen molar-refractivity contribution >= 4 is 32.6 Å². The minimum Gasteiger partial charge on any atom is -0.495 e. The Balaban J connectivity index is 2.39. The summed E-state index contributed by atoms with van der Waals surface area (Å²) in [6, 6.07) is 14.2. The van der Waals surface area contributed by atoms with Crippen LogP contribution in [-0.4, -0.2) is 25.9 Å². The van der Waals surface area contributed by atoms with Gasteiger partial charge in [0.25, 0.3) is 0 Å². The average molecular weight is 321 g/mol. The lowest BCUT2D eigenvalue weighted by molar-refractivity contribution is 0.415. The van der Waals surface area contributed by atoms with Crippen LogP contribution >= 0.6 is 0 Å². The zero-order valence-corrected chi connectivity index (χ0v) is 14.2. The van der Waals surface area contributed by atoms with Gasteiger partial charge in [0.1, 0.15) is 11.5 Å². The number of nitrogens with zero attached hydrogens (tertiary/aromatic N) is 1. The van der Waals surface area contributed by atoms with Gasteiger partial charge in [0.2, 0.25) is 0 Å². The molecule has 4 heteroatoms. The van der Waals surface area contributed by atoms with Gasteiger partial charge in [0.15, 0.2) is 5.75 Å². The van der Waals surface area contributed by atoms with Crippen LogP contribution in [0.25, 0.3) is 32.6 Å². The van der Waals surface area contributed by atoms with Crippen molar-refractivity contribution in [1.82, 2.24) is 4.57 Å². The van der Waals surface area contributed by atoms with Crippen LogP contribution in [0, 0.1) is 0 Å². The Kier molecular flexibility index (Phi) is 3.27. The van der Waals surface area contributed by atoms with Gasteiger partial charge in [-0.2, -0.15) is 0 Å².